The number of benzene rings is 1. The number of nitrogens with one attached hydrogen (secondary N) is 1. The van der Waals surface area contributed by atoms with Gasteiger partial charge in [-0.05, 0) is 50.9 Å². The maximum Gasteiger partial charge on any atom is 0.257 e. The van der Waals surface area contributed by atoms with Crippen molar-refractivity contribution < 1.29 is 9.53 Å². The lowest BCUT2D eigenvalue weighted by atomic mass is 10.3. The van der Waals surface area contributed by atoms with Gasteiger partial charge in [0, 0.05) is 12.2 Å². The van der Waals surface area contributed by atoms with Crippen LogP contribution in [0.15, 0.2) is 21.1 Å². The highest BCUT2D eigenvalue weighted by Crippen LogP contribution is 2.35. The van der Waals surface area contributed by atoms with Crippen LogP contribution in [0.5, 0.6) is 5.75 Å². The predicted octanol–water partition coefficient (Wildman–Crippen LogP) is 2.31. The fourth-order valence-electron chi connectivity index (χ4n) is 1.10. The Morgan fingerprint density at radius 1 is 1.44 bits per heavy atom. The lowest BCUT2D eigenvalue weighted by Gasteiger charge is -2.10. The Balaban J connectivity index is 2.70. The zero-order chi connectivity index (χ0) is 12.1. The van der Waals surface area contributed by atoms with Crippen molar-refractivity contribution in [1.29, 1.82) is 0 Å². The van der Waals surface area contributed by atoms with E-state index in [1.54, 1.807) is 12.1 Å². The van der Waals surface area contributed by atoms with Crippen LogP contribution in [0.3, 0.4) is 0 Å². The number of halogens is 2. The summed E-state index contributed by atoms with van der Waals surface area (Å²) in [6.07, 6.45) is 0. The van der Waals surface area contributed by atoms with Gasteiger partial charge >= 0.3 is 0 Å². The highest BCUT2D eigenvalue weighted by Gasteiger charge is 2.09. The molecule has 1 rings (SSSR count). The van der Waals surface area contributed by atoms with E-state index in [2.05, 4.69) is 37.2 Å². The van der Waals surface area contributed by atoms with E-state index in [9.17, 15) is 4.79 Å². The second-order valence-corrected chi connectivity index (χ2v) is 4.76. The Labute approximate surface area is 111 Å². The fourth-order valence-corrected chi connectivity index (χ4v) is 2.55. The fraction of sp³-hybridized carbons (Fsp3) is 0.300. The molecule has 6 heteroatoms. The van der Waals surface area contributed by atoms with Gasteiger partial charge < -0.3 is 15.8 Å². The summed E-state index contributed by atoms with van der Waals surface area (Å²) in [6.45, 7) is 2.42. The minimum atomic E-state index is -0.155. The monoisotopic (exact) mass is 350 g/mol. The molecule has 0 spiro atoms. The maximum absolute atomic E-state index is 11.2. The Hall–Kier alpha value is -0.750. The van der Waals surface area contributed by atoms with Crippen LogP contribution < -0.4 is 15.8 Å². The summed E-state index contributed by atoms with van der Waals surface area (Å²) in [4.78, 5) is 11.2. The highest BCUT2D eigenvalue weighted by atomic mass is 79.9. The van der Waals surface area contributed by atoms with Gasteiger partial charge in [0.25, 0.3) is 5.91 Å². The summed E-state index contributed by atoms with van der Waals surface area (Å²) in [5.41, 5.74) is 6.25. The number of amides is 1. The first kappa shape index (κ1) is 13.3. The molecule has 0 fully saturated rings. The molecular weight excluding hydrogens is 340 g/mol. The normalized spacial score (nSPS) is 9.94. The van der Waals surface area contributed by atoms with Crippen molar-refractivity contribution in [2.75, 3.05) is 18.9 Å². The van der Waals surface area contributed by atoms with Crippen molar-refractivity contribution in [2.24, 2.45) is 0 Å². The van der Waals surface area contributed by atoms with Crippen LogP contribution in [0, 0.1) is 0 Å². The summed E-state index contributed by atoms with van der Waals surface area (Å²) in [6, 6.07) is 3.44. The SMILES string of the molecule is CCNC(=O)COc1c(Br)cc(N)cc1Br. The summed E-state index contributed by atoms with van der Waals surface area (Å²) in [5, 5.41) is 2.65. The molecule has 0 aliphatic heterocycles. The van der Waals surface area contributed by atoms with Gasteiger partial charge in [-0.1, -0.05) is 0 Å². The first-order chi connectivity index (χ1) is 7.54. The van der Waals surface area contributed by atoms with E-state index in [-0.39, 0.29) is 12.5 Å². The average molecular weight is 352 g/mol. The number of hydrogen-bond acceptors (Lipinski definition) is 3. The van der Waals surface area contributed by atoms with Crippen LogP contribution in [0.1, 0.15) is 6.92 Å². The Morgan fingerprint density at radius 3 is 2.50 bits per heavy atom. The van der Waals surface area contributed by atoms with Crippen molar-refractivity contribution in [3.63, 3.8) is 0 Å². The molecule has 0 bridgehead atoms. The molecule has 0 aliphatic rings. The van der Waals surface area contributed by atoms with Crippen molar-refractivity contribution in [1.82, 2.24) is 5.32 Å². The van der Waals surface area contributed by atoms with Crippen molar-refractivity contribution in [3.8, 4) is 5.75 Å². The number of carbonyl (C=O) groups is 1. The van der Waals surface area contributed by atoms with Crippen LogP contribution in [0.2, 0.25) is 0 Å². The van der Waals surface area contributed by atoms with E-state index < -0.39 is 0 Å². The molecule has 1 amide bonds. The molecule has 0 saturated carbocycles. The summed E-state index contributed by atoms with van der Waals surface area (Å²) < 4.78 is 6.80. The molecule has 0 aliphatic carbocycles. The average Bonchev–Trinajstić information content (AvgIpc) is 2.16. The van der Waals surface area contributed by atoms with Crippen LogP contribution in [-0.2, 0) is 4.79 Å². The van der Waals surface area contributed by atoms with E-state index in [0.29, 0.717) is 26.9 Å². The molecule has 88 valence electrons. The highest BCUT2D eigenvalue weighted by molar-refractivity contribution is 9.11. The van der Waals surface area contributed by atoms with Crippen LogP contribution in [0.25, 0.3) is 0 Å². The van der Waals surface area contributed by atoms with Gasteiger partial charge in [0.05, 0.1) is 8.95 Å². The van der Waals surface area contributed by atoms with Gasteiger partial charge in [-0.15, -0.1) is 0 Å². The molecule has 0 heterocycles. The van der Waals surface area contributed by atoms with Crippen molar-refractivity contribution in [3.05, 3.63) is 21.1 Å². The van der Waals surface area contributed by atoms with Crippen molar-refractivity contribution >= 4 is 43.5 Å². The number of likely N-dealkylation sites (N-methyl/N-ethyl adjacent to an activating group) is 1. The summed E-state index contributed by atoms with van der Waals surface area (Å²) in [7, 11) is 0. The Kier molecular flexibility index (Phi) is 5.08. The summed E-state index contributed by atoms with van der Waals surface area (Å²) >= 11 is 6.64. The molecule has 4 nitrogen and oxygen atoms in total. The lowest BCUT2D eigenvalue weighted by Crippen LogP contribution is -2.28. The number of anilines is 1. The molecule has 0 radical (unpaired) electrons. The Morgan fingerprint density at radius 2 is 2.00 bits per heavy atom. The third-order valence-electron chi connectivity index (χ3n) is 1.74. The molecule has 1 aromatic carbocycles. The van der Waals surface area contributed by atoms with Gasteiger partial charge in [-0.25, -0.2) is 0 Å². The lowest BCUT2D eigenvalue weighted by molar-refractivity contribution is -0.123. The zero-order valence-electron chi connectivity index (χ0n) is 8.72. The third-order valence-corrected chi connectivity index (χ3v) is 2.92. The van der Waals surface area contributed by atoms with Gasteiger partial charge in [0.1, 0.15) is 5.75 Å². The number of hydrogen-bond donors (Lipinski definition) is 2. The predicted molar refractivity (Wildman–Crippen MR) is 70.4 cm³/mol. The van der Waals surface area contributed by atoms with Crippen LogP contribution >= 0.6 is 31.9 Å². The van der Waals surface area contributed by atoms with Crippen LogP contribution in [0.4, 0.5) is 5.69 Å². The first-order valence-corrected chi connectivity index (χ1v) is 6.27. The quantitative estimate of drug-likeness (QED) is 0.818. The number of nitrogens with two attached hydrogens (primary N) is 1. The first-order valence-electron chi connectivity index (χ1n) is 4.68. The van der Waals surface area contributed by atoms with E-state index in [0.717, 1.165) is 0 Å². The van der Waals surface area contributed by atoms with E-state index in [4.69, 9.17) is 10.5 Å². The zero-order valence-corrected chi connectivity index (χ0v) is 11.9. The number of nitrogen functional groups attached to an aromatic ring is 1. The molecular formula is C10H12Br2N2O2. The smallest absolute Gasteiger partial charge is 0.257 e. The van der Waals surface area contributed by atoms with E-state index in [1.165, 1.54) is 0 Å². The third kappa shape index (κ3) is 3.68. The van der Waals surface area contributed by atoms with Gasteiger partial charge in [0.15, 0.2) is 6.61 Å². The Bertz CT molecular complexity index is 373. The van der Waals surface area contributed by atoms with Gasteiger partial charge in [-0.2, -0.15) is 0 Å². The van der Waals surface area contributed by atoms with Crippen LogP contribution in [-0.4, -0.2) is 19.1 Å². The topological polar surface area (TPSA) is 64.3 Å². The van der Waals surface area contributed by atoms with E-state index >= 15 is 0 Å². The molecule has 16 heavy (non-hydrogen) atoms. The maximum atomic E-state index is 11.2. The molecule has 3 N–H and O–H groups in total. The molecule has 1 aromatic rings. The molecule has 0 aromatic heterocycles. The van der Waals surface area contributed by atoms with Crippen molar-refractivity contribution in [2.45, 2.75) is 6.92 Å². The number of rotatable bonds is 4. The van der Waals surface area contributed by atoms with Gasteiger partial charge in [0.2, 0.25) is 0 Å². The largest absolute Gasteiger partial charge is 0.481 e. The number of carbonyl (C=O) groups excluding carboxylic acids is 1. The second-order valence-electron chi connectivity index (χ2n) is 3.06. The van der Waals surface area contributed by atoms with E-state index in [1.807, 2.05) is 6.92 Å². The second kappa shape index (κ2) is 6.10. The standard InChI is InChI=1S/C10H12Br2N2O2/c1-2-14-9(15)5-16-10-7(11)3-6(13)4-8(10)12/h3-4H,2,5,13H2,1H3,(H,14,15). The number of ether oxygens (including phenoxy) is 1. The molecule has 0 atom stereocenters. The van der Waals surface area contributed by atoms with Gasteiger partial charge in [-0.3, -0.25) is 4.79 Å². The molecule has 0 saturated heterocycles. The minimum Gasteiger partial charge on any atom is -0.481 e. The minimum absolute atomic E-state index is 0.0189. The molecule has 0 unspecified atom stereocenters. The summed E-state index contributed by atoms with van der Waals surface area (Å²) in [5.74, 6) is 0.415.